The first kappa shape index (κ1) is 25.0. The molecule has 2 aliphatic heterocycles. The van der Waals surface area contributed by atoms with Crippen LogP contribution in [0.1, 0.15) is 94.4 Å². The van der Waals surface area contributed by atoms with E-state index in [0.717, 1.165) is 25.7 Å². The number of likely N-dealkylation sites (tertiary alicyclic amines) is 1. The lowest BCUT2D eigenvalue weighted by molar-refractivity contribution is -0.184. The Hall–Kier alpha value is -1.30. The summed E-state index contributed by atoms with van der Waals surface area (Å²) in [6.07, 6.45) is 3.54. The molecule has 6 heteroatoms. The molecule has 1 unspecified atom stereocenters. The predicted molar refractivity (Wildman–Crippen MR) is 117 cm³/mol. The molecule has 0 spiro atoms. The molecule has 174 valence electrons. The van der Waals surface area contributed by atoms with Crippen LogP contribution in [0, 0.1) is 17.8 Å². The standard InChI is InChI=1S/C24H43NO5/c1-21(2,3)29-20(28)25-15-16(12-22(25,4)5)10-11-18(19(26)27)17-13-23(6,7)30-24(8,9)14-17/h16-18H,10-15H2,1-9H3,(H,26,27)/t16-,18?/m0/s1. The molecule has 0 aliphatic carbocycles. The Morgan fingerprint density at radius 2 is 1.60 bits per heavy atom. The quantitative estimate of drug-likeness (QED) is 0.630. The third-order valence-electron chi connectivity index (χ3n) is 6.41. The Bertz CT molecular complexity index is 630. The van der Waals surface area contributed by atoms with E-state index in [0.29, 0.717) is 13.0 Å². The van der Waals surface area contributed by atoms with Gasteiger partial charge in [-0.3, -0.25) is 4.79 Å². The maximum atomic E-state index is 12.7. The van der Waals surface area contributed by atoms with Crippen molar-refractivity contribution in [3.8, 4) is 0 Å². The summed E-state index contributed by atoms with van der Waals surface area (Å²) in [5, 5.41) is 9.98. The molecule has 0 saturated carbocycles. The van der Waals surface area contributed by atoms with Gasteiger partial charge in [-0.15, -0.1) is 0 Å². The summed E-state index contributed by atoms with van der Waals surface area (Å²) in [4.78, 5) is 26.6. The van der Waals surface area contributed by atoms with E-state index < -0.39 is 11.6 Å². The fraction of sp³-hybridized carbons (Fsp3) is 0.917. The Morgan fingerprint density at radius 3 is 2.07 bits per heavy atom. The molecule has 2 atom stereocenters. The van der Waals surface area contributed by atoms with Crippen LogP contribution in [0.25, 0.3) is 0 Å². The number of carbonyl (C=O) groups is 2. The van der Waals surface area contributed by atoms with Crippen LogP contribution in [-0.4, -0.2) is 51.0 Å². The minimum atomic E-state index is -0.713. The highest BCUT2D eigenvalue weighted by Crippen LogP contribution is 2.44. The zero-order chi connectivity index (χ0) is 23.1. The van der Waals surface area contributed by atoms with Gasteiger partial charge >= 0.3 is 12.1 Å². The number of carboxylic acid groups (broad SMARTS) is 1. The van der Waals surface area contributed by atoms with E-state index in [1.807, 2.05) is 25.7 Å². The molecule has 1 amide bonds. The van der Waals surface area contributed by atoms with Crippen molar-refractivity contribution in [2.24, 2.45) is 17.8 Å². The topological polar surface area (TPSA) is 76.1 Å². The minimum absolute atomic E-state index is 0.0950. The summed E-state index contributed by atoms with van der Waals surface area (Å²) in [6.45, 7) is 18.6. The van der Waals surface area contributed by atoms with Gasteiger partial charge < -0.3 is 19.5 Å². The summed E-state index contributed by atoms with van der Waals surface area (Å²) in [5.74, 6) is -0.714. The van der Waals surface area contributed by atoms with Gasteiger partial charge in [-0.05, 0) is 106 Å². The molecule has 0 radical (unpaired) electrons. The first-order valence-corrected chi connectivity index (χ1v) is 11.3. The normalized spacial score (nSPS) is 27.0. The van der Waals surface area contributed by atoms with E-state index in [4.69, 9.17) is 9.47 Å². The van der Waals surface area contributed by atoms with Gasteiger partial charge in [0.25, 0.3) is 0 Å². The van der Waals surface area contributed by atoms with Gasteiger partial charge in [0, 0.05) is 12.1 Å². The van der Waals surface area contributed by atoms with E-state index in [-0.39, 0.29) is 40.6 Å². The van der Waals surface area contributed by atoms with Crippen molar-refractivity contribution in [2.75, 3.05) is 6.54 Å². The number of ether oxygens (including phenoxy) is 2. The number of nitrogens with zero attached hydrogens (tertiary/aromatic N) is 1. The van der Waals surface area contributed by atoms with E-state index in [2.05, 4.69) is 41.5 Å². The van der Waals surface area contributed by atoms with Crippen LogP contribution in [0.4, 0.5) is 4.79 Å². The summed E-state index contributed by atoms with van der Waals surface area (Å²) >= 11 is 0. The van der Waals surface area contributed by atoms with Crippen molar-refractivity contribution in [1.29, 1.82) is 0 Å². The molecule has 1 N–H and O–H groups in total. The zero-order valence-electron chi connectivity index (χ0n) is 20.5. The molecule has 6 nitrogen and oxygen atoms in total. The van der Waals surface area contributed by atoms with Gasteiger partial charge in [0.15, 0.2) is 0 Å². The molecule has 0 aromatic carbocycles. The van der Waals surface area contributed by atoms with Gasteiger partial charge in [0.1, 0.15) is 5.60 Å². The molecule has 2 rings (SSSR count). The Labute approximate surface area is 182 Å². The van der Waals surface area contributed by atoms with Crippen LogP contribution < -0.4 is 0 Å². The molecule has 0 aromatic rings. The highest BCUT2D eigenvalue weighted by atomic mass is 16.6. The number of hydrogen-bond donors (Lipinski definition) is 1. The average Bonchev–Trinajstić information content (AvgIpc) is 2.76. The largest absolute Gasteiger partial charge is 0.481 e. The summed E-state index contributed by atoms with van der Waals surface area (Å²) in [7, 11) is 0. The molecular weight excluding hydrogens is 382 g/mol. The van der Waals surface area contributed by atoms with Crippen molar-refractivity contribution < 1.29 is 24.2 Å². The number of rotatable bonds is 5. The highest BCUT2D eigenvalue weighted by Gasteiger charge is 2.46. The second kappa shape index (κ2) is 8.33. The molecule has 2 heterocycles. The maximum absolute atomic E-state index is 12.7. The second-order valence-corrected chi connectivity index (χ2v) is 12.3. The second-order valence-electron chi connectivity index (χ2n) is 12.3. The van der Waals surface area contributed by atoms with Gasteiger partial charge in [-0.1, -0.05) is 0 Å². The number of amides is 1. The van der Waals surface area contributed by atoms with Gasteiger partial charge in [-0.25, -0.2) is 4.79 Å². The summed E-state index contributed by atoms with van der Waals surface area (Å²) in [5.41, 5.74) is -1.44. The number of aliphatic carboxylic acids is 1. The third kappa shape index (κ3) is 6.60. The van der Waals surface area contributed by atoms with Crippen LogP contribution in [0.2, 0.25) is 0 Å². The zero-order valence-corrected chi connectivity index (χ0v) is 20.5. The molecule has 30 heavy (non-hydrogen) atoms. The lowest BCUT2D eigenvalue weighted by Gasteiger charge is -2.47. The lowest BCUT2D eigenvalue weighted by atomic mass is 9.72. The molecule has 2 aliphatic rings. The van der Waals surface area contributed by atoms with E-state index in [9.17, 15) is 14.7 Å². The average molecular weight is 426 g/mol. The number of hydrogen-bond acceptors (Lipinski definition) is 4. The lowest BCUT2D eigenvalue weighted by Crippen LogP contribution is -2.48. The van der Waals surface area contributed by atoms with Gasteiger partial charge in [0.05, 0.1) is 17.1 Å². The predicted octanol–water partition coefficient (Wildman–Crippen LogP) is 5.49. The van der Waals surface area contributed by atoms with Gasteiger partial charge in [0.2, 0.25) is 0 Å². The molecule has 0 aromatic heterocycles. The van der Waals surface area contributed by atoms with Gasteiger partial charge in [-0.2, -0.15) is 0 Å². The van der Waals surface area contributed by atoms with Crippen molar-refractivity contribution in [3.63, 3.8) is 0 Å². The minimum Gasteiger partial charge on any atom is -0.481 e. The monoisotopic (exact) mass is 425 g/mol. The Balaban J connectivity index is 2.03. The van der Waals surface area contributed by atoms with Crippen LogP contribution in [0.5, 0.6) is 0 Å². The van der Waals surface area contributed by atoms with Crippen molar-refractivity contribution >= 4 is 12.1 Å². The number of carboxylic acids is 1. The van der Waals surface area contributed by atoms with E-state index >= 15 is 0 Å². The van der Waals surface area contributed by atoms with E-state index in [1.165, 1.54) is 0 Å². The summed E-state index contributed by atoms with van der Waals surface area (Å²) in [6, 6.07) is 0. The van der Waals surface area contributed by atoms with Crippen LogP contribution >= 0.6 is 0 Å². The van der Waals surface area contributed by atoms with Crippen LogP contribution in [0.3, 0.4) is 0 Å². The fourth-order valence-electron chi connectivity index (χ4n) is 5.65. The molecular formula is C24H43NO5. The SMILES string of the molecule is CC(C)(C)OC(=O)N1C[C@@H](CCC(C(=O)O)C2CC(C)(C)OC(C)(C)C2)CC1(C)C. The molecule has 2 fully saturated rings. The third-order valence-corrected chi connectivity index (χ3v) is 6.41. The fourth-order valence-corrected chi connectivity index (χ4v) is 5.65. The van der Waals surface area contributed by atoms with Crippen molar-refractivity contribution in [2.45, 2.75) is 117 Å². The van der Waals surface area contributed by atoms with Crippen LogP contribution in [-0.2, 0) is 14.3 Å². The van der Waals surface area contributed by atoms with E-state index in [1.54, 1.807) is 0 Å². The maximum Gasteiger partial charge on any atom is 0.410 e. The Kier molecular flexibility index (Phi) is 6.93. The highest BCUT2D eigenvalue weighted by molar-refractivity contribution is 5.70. The summed E-state index contributed by atoms with van der Waals surface area (Å²) < 4.78 is 11.7. The number of carbonyl (C=O) groups excluding carboxylic acids is 1. The first-order valence-electron chi connectivity index (χ1n) is 11.3. The van der Waals surface area contributed by atoms with Crippen molar-refractivity contribution in [1.82, 2.24) is 4.90 Å². The first-order chi connectivity index (χ1) is 13.4. The molecule has 2 saturated heterocycles. The van der Waals surface area contributed by atoms with Crippen molar-refractivity contribution in [3.05, 3.63) is 0 Å². The Morgan fingerprint density at radius 1 is 1.07 bits per heavy atom. The van der Waals surface area contributed by atoms with Crippen LogP contribution in [0.15, 0.2) is 0 Å². The molecule has 0 bridgehead atoms. The smallest absolute Gasteiger partial charge is 0.410 e.